The minimum Gasteiger partial charge on any atom is -0.274 e. The predicted molar refractivity (Wildman–Crippen MR) is 271 cm³/mol. The Balaban J connectivity index is 0.834. The second kappa shape index (κ2) is 17.8. The zero-order valence-corrected chi connectivity index (χ0v) is 41.4. The standard InChI is InChI=1S/C58H46N6O12/c1-3-5-7-9-11-13-27-59-47(65)29-15-19-33-43-34(20-16-30(41(29)43)48(59)66)52(70)61(51(33)69)63-55(73)37-23-25-39-46-40(26-24-38(45(37)46)56(63)74)58(76)64(57(39)75)62-53(71)35-21-17-31-42-32(18-22-36(44(35)42)54(62)72)50(68)60(49(31)67)28-14-12-10-8-6-4-2/h15-26H,3-14,27-28H2,1-2H3. The summed E-state index contributed by atoms with van der Waals surface area (Å²) < 4.78 is 0. The van der Waals surface area contributed by atoms with Crippen LogP contribution < -0.4 is 0 Å². The van der Waals surface area contributed by atoms with Crippen molar-refractivity contribution in [2.45, 2.75) is 90.9 Å². The average Bonchev–Trinajstić information content (AvgIpc) is 3.62. The third-order valence-corrected chi connectivity index (χ3v) is 15.6. The first-order valence-electron chi connectivity index (χ1n) is 25.8. The van der Waals surface area contributed by atoms with Crippen molar-refractivity contribution < 1.29 is 57.5 Å². The Morgan fingerprint density at radius 2 is 0.382 bits per heavy atom. The molecule has 0 N–H and O–H groups in total. The lowest BCUT2D eigenvalue weighted by atomic mass is 9.85. The van der Waals surface area contributed by atoms with Crippen LogP contribution in [0.25, 0.3) is 32.3 Å². The molecule has 0 saturated carbocycles. The maximum Gasteiger partial charge on any atom is 0.281 e. The van der Waals surface area contributed by atoms with Gasteiger partial charge in [-0.05, 0) is 85.6 Å². The summed E-state index contributed by atoms with van der Waals surface area (Å²) in [6.07, 6.45) is 11.2. The molecule has 0 spiro atoms. The highest BCUT2D eigenvalue weighted by molar-refractivity contribution is 6.39. The van der Waals surface area contributed by atoms with E-state index >= 15 is 0 Å². The minimum atomic E-state index is -1.16. The summed E-state index contributed by atoms with van der Waals surface area (Å²) in [5.41, 5.74) is -1.17. The van der Waals surface area contributed by atoms with Gasteiger partial charge in [-0.25, -0.2) is 0 Å². The monoisotopic (exact) mass is 1020 g/mol. The second-order valence-corrected chi connectivity index (χ2v) is 20.0. The van der Waals surface area contributed by atoms with Gasteiger partial charge in [-0.15, -0.1) is 0 Å². The van der Waals surface area contributed by atoms with E-state index in [1.165, 1.54) is 82.6 Å². The molecule has 0 bridgehead atoms. The van der Waals surface area contributed by atoms with Crippen molar-refractivity contribution in [3.63, 3.8) is 0 Å². The molecule has 6 aromatic rings. The third kappa shape index (κ3) is 6.58. The lowest BCUT2D eigenvalue weighted by molar-refractivity contribution is 0.00168. The molecule has 380 valence electrons. The second-order valence-electron chi connectivity index (χ2n) is 20.0. The number of unbranched alkanes of at least 4 members (excludes halogenated alkanes) is 10. The molecular weight excluding hydrogens is 973 g/mol. The first-order valence-corrected chi connectivity index (χ1v) is 25.8. The molecule has 0 unspecified atom stereocenters. The molecule has 76 heavy (non-hydrogen) atoms. The van der Waals surface area contributed by atoms with E-state index in [9.17, 15) is 57.5 Å². The minimum absolute atomic E-state index is 0.0321. The summed E-state index contributed by atoms with van der Waals surface area (Å²) in [7, 11) is 0. The fraction of sp³-hybridized carbons (Fsp3) is 0.276. The highest BCUT2D eigenvalue weighted by atomic mass is 16.2. The summed E-state index contributed by atoms with van der Waals surface area (Å²) in [6, 6.07) is 15.5. The lowest BCUT2D eigenvalue weighted by Crippen LogP contribution is -2.59. The number of imide groups is 6. The van der Waals surface area contributed by atoms with Crippen LogP contribution in [-0.2, 0) is 0 Å². The molecule has 0 radical (unpaired) electrons. The van der Waals surface area contributed by atoms with Crippen LogP contribution in [-0.4, -0.2) is 114 Å². The van der Waals surface area contributed by atoms with Crippen LogP contribution in [0.1, 0.15) is 215 Å². The number of rotatable bonds is 16. The fourth-order valence-electron chi connectivity index (χ4n) is 11.9. The SMILES string of the molecule is CCCCCCCCN1C(=O)c2ccc3c4c(ccc(c24)C1=O)C(=O)N(N1C(=O)c2ccc4c5c(ccc(c25)C1=O)C(=O)N(N1C(=O)c2ccc5c6c(ccc(c26)C1=O)C(=O)N(CCCCCCCC)C5=O)C4=O)C3=O. The summed E-state index contributed by atoms with van der Waals surface area (Å²) in [6.45, 7) is 4.60. The lowest BCUT2D eigenvalue weighted by Gasteiger charge is -2.39. The molecule has 0 atom stereocenters. The van der Waals surface area contributed by atoms with Crippen molar-refractivity contribution in [2.24, 2.45) is 0 Å². The van der Waals surface area contributed by atoms with Gasteiger partial charge in [-0.3, -0.25) is 67.3 Å². The van der Waals surface area contributed by atoms with E-state index in [0.717, 1.165) is 64.2 Å². The molecule has 12 amide bonds. The number of hydrogen-bond acceptors (Lipinski definition) is 12. The van der Waals surface area contributed by atoms with E-state index in [-0.39, 0.29) is 112 Å². The molecule has 6 heterocycles. The Hall–Kier alpha value is -9.06. The van der Waals surface area contributed by atoms with E-state index < -0.39 is 70.9 Å². The van der Waals surface area contributed by atoms with Gasteiger partial charge in [0.05, 0.1) is 44.5 Å². The van der Waals surface area contributed by atoms with Crippen LogP contribution in [0.5, 0.6) is 0 Å². The van der Waals surface area contributed by atoms with Crippen LogP contribution in [0, 0.1) is 0 Å². The van der Waals surface area contributed by atoms with E-state index in [4.69, 9.17) is 0 Å². The Morgan fingerprint density at radius 3 is 0.566 bits per heavy atom. The normalized spacial score (nSPS) is 16.7. The number of hydrogen-bond donors (Lipinski definition) is 0. The van der Waals surface area contributed by atoms with Crippen LogP contribution >= 0.6 is 0 Å². The molecule has 0 aromatic heterocycles. The van der Waals surface area contributed by atoms with Gasteiger partial charge in [0.2, 0.25) is 0 Å². The van der Waals surface area contributed by atoms with Gasteiger partial charge in [0, 0.05) is 67.7 Å². The molecule has 0 saturated heterocycles. The maximum atomic E-state index is 14.7. The quantitative estimate of drug-likeness (QED) is 0.0656. The summed E-state index contributed by atoms with van der Waals surface area (Å²) in [4.78, 5) is 175. The number of hydrazine groups is 2. The topological polar surface area (TPSA) is 224 Å². The number of benzene rings is 6. The third-order valence-electron chi connectivity index (χ3n) is 15.6. The van der Waals surface area contributed by atoms with Gasteiger partial charge in [0.15, 0.2) is 0 Å². The highest BCUT2D eigenvalue weighted by Gasteiger charge is 2.51. The van der Waals surface area contributed by atoms with Gasteiger partial charge >= 0.3 is 0 Å². The number of nitrogens with zero attached hydrogens (tertiary/aromatic N) is 6. The van der Waals surface area contributed by atoms with Crippen LogP contribution in [0.15, 0.2) is 72.8 Å². The largest absolute Gasteiger partial charge is 0.281 e. The highest BCUT2D eigenvalue weighted by Crippen LogP contribution is 2.44. The van der Waals surface area contributed by atoms with Gasteiger partial charge < -0.3 is 0 Å². The van der Waals surface area contributed by atoms with E-state index in [1.807, 2.05) is 0 Å². The van der Waals surface area contributed by atoms with Crippen molar-refractivity contribution in [3.8, 4) is 0 Å². The number of carbonyl (C=O) groups excluding carboxylic acids is 12. The molecule has 6 aliphatic heterocycles. The molecule has 18 heteroatoms. The van der Waals surface area contributed by atoms with Crippen LogP contribution in [0.4, 0.5) is 0 Å². The van der Waals surface area contributed by atoms with E-state index in [1.54, 1.807) is 0 Å². The van der Waals surface area contributed by atoms with Crippen LogP contribution in [0.3, 0.4) is 0 Å². The van der Waals surface area contributed by atoms with Crippen molar-refractivity contribution in [2.75, 3.05) is 13.1 Å². The smallest absolute Gasteiger partial charge is 0.274 e. The van der Waals surface area contributed by atoms with Gasteiger partial charge in [-0.1, -0.05) is 78.1 Å². The Kier molecular flexibility index (Phi) is 11.2. The molecule has 18 nitrogen and oxygen atoms in total. The fourth-order valence-corrected chi connectivity index (χ4v) is 11.9. The van der Waals surface area contributed by atoms with Crippen molar-refractivity contribution in [3.05, 3.63) is 140 Å². The maximum absolute atomic E-state index is 14.7. The van der Waals surface area contributed by atoms with Crippen molar-refractivity contribution in [1.29, 1.82) is 0 Å². The molecule has 12 rings (SSSR count). The van der Waals surface area contributed by atoms with Gasteiger partial charge in [0.25, 0.3) is 70.9 Å². The summed E-state index contributed by atoms with van der Waals surface area (Å²) in [5.74, 6) is -11.3. The van der Waals surface area contributed by atoms with E-state index in [0.29, 0.717) is 32.9 Å². The van der Waals surface area contributed by atoms with E-state index in [2.05, 4.69) is 13.8 Å². The first-order chi connectivity index (χ1) is 36.7. The zero-order valence-electron chi connectivity index (χ0n) is 41.4. The summed E-state index contributed by atoms with van der Waals surface area (Å²) in [5, 5.41) is 1.57. The Morgan fingerprint density at radius 1 is 0.224 bits per heavy atom. The Bertz CT molecular complexity index is 3380. The molecule has 0 aliphatic carbocycles. The summed E-state index contributed by atoms with van der Waals surface area (Å²) >= 11 is 0. The number of amides is 12. The molecular formula is C58H46N6O12. The molecule has 0 fully saturated rings. The van der Waals surface area contributed by atoms with Crippen molar-refractivity contribution in [1.82, 2.24) is 29.8 Å². The Labute approximate surface area is 432 Å². The average molecular weight is 1020 g/mol. The molecule has 6 aliphatic rings. The predicted octanol–water partition coefficient (Wildman–Crippen LogP) is 8.67. The zero-order chi connectivity index (χ0) is 53.2. The van der Waals surface area contributed by atoms with Gasteiger partial charge in [0.1, 0.15) is 0 Å². The van der Waals surface area contributed by atoms with Crippen molar-refractivity contribution >= 4 is 103 Å². The number of carbonyl (C=O) groups is 12. The molecule has 6 aromatic carbocycles. The van der Waals surface area contributed by atoms with Crippen LogP contribution in [0.2, 0.25) is 0 Å². The van der Waals surface area contributed by atoms with Gasteiger partial charge in [-0.2, -0.15) is 20.0 Å². The first kappa shape index (κ1) is 47.9.